The van der Waals surface area contributed by atoms with Crippen molar-refractivity contribution < 1.29 is 0 Å². The molecule has 1 rings (SSSR count). The van der Waals surface area contributed by atoms with Crippen molar-refractivity contribution in [1.82, 2.24) is 5.32 Å². The predicted molar refractivity (Wildman–Crippen MR) is 38.9 cm³/mol. The van der Waals surface area contributed by atoms with Crippen LogP contribution in [0.1, 0.15) is 0 Å². The van der Waals surface area contributed by atoms with Gasteiger partial charge in [-0.15, -0.1) is 0 Å². The van der Waals surface area contributed by atoms with Crippen LogP contribution in [0.5, 0.6) is 0 Å². The molecule has 0 unspecified atom stereocenters. The monoisotopic (exact) mass is 125 g/mol. The van der Waals surface area contributed by atoms with Crippen LogP contribution in [0.25, 0.3) is 0 Å². The molecule has 0 aliphatic carbocycles. The summed E-state index contributed by atoms with van der Waals surface area (Å²) in [6.07, 6.45) is 5.85. The van der Waals surface area contributed by atoms with Crippen molar-refractivity contribution in [3.8, 4) is 0 Å². The highest BCUT2D eigenvalue weighted by Gasteiger charge is 1.90. The molecule has 42 valence electrons. The van der Waals surface area contributed by atoms with E-state index in [-0.39, 0.29) is 0 Å². The second-order valence-electron chi connectivity index (χ2n) is 1.60. The molecule has 1 nitrogen and oxygen atoms in total. The number of allylic oxidation sites excluding steroid dienone is 2. The molecule has 0 aromatic heterocycles. The van der Waals surface area contributed by atoms with Gasteiger partial charge in [-0.2, -0.15) is 0 Å². The molecule has 8 heavy (non-hydrogen) atoms. The van der Waals surface area contributed by atoms with Gasteiger partial charge in [0.15, 0.2) is 0 Å². The van der Waals surface area contributed by atoms with Crippen LogP contribution in [0.2, 0.25) is 0 Å². The Kier molecular flexibility index (Phi) is 1.80. The van der Waals surface area contributed by atoms with Gasteiger partial charge >= 0.3 is 0 Å². The molecule has 1 aliphatic heterocycles. The first-order valence-electron chi connectivity index (χ1n) is 2.48. The van der Waals surface area contributed by atoms with E-state index in [9.17, 15) is 0 Å². The summed E-state index contributed by atoms with van der Waals surface area (Å²) in [6, 6.07) is 0. The van der Waals surface area contributed by atoms with E-state index in [1.807, 2.05) is 18.4 Å². The fourth-order valence-corrected chi connectivity index (χ4v) is 0.718. The van der Waals surface area contributed by atoms with Crippen molar-refractivity contribution >= 4 is 17.6 Å². The van der Waals surface area contributed by atoms with E-state index < -0.39 is 0 Å². The summed E-state index contributed by atoms with van der Waals surface area (Å²) in [5.74, 6) is 0. The van der Waals surface area contributed by atoms with Crippen LogP contribution in [0.4, 0.5) is 0 Å². The summed E-state index contributed by atoms with van der Waals surface area (Å²) in [7, 11) is 0. The average molecular weight is 125 g/mol. The summed E-state index contributed by atoms with van der Waals surface area (Å²) in [6.45, 7) is 0.875. The van der Waals surface area contributed by atoms with E-state index in [0.29, 0.717) is 0 Å². The maximum absolute atomic E-state index is 4.70. The fourth-order valence-electron chi connectivity index (χ4n) is 0.556. The van der Waals surface area contributed by atoms with Gasteiger partial charge in [-0.1, -0.05) is 18.3 Å². The molecule has 0 spiro atoms. The Labute approximate surface area is 54.1 Å². The molecule has 0 atom stereocenters. The number of hydrogen-bond donors (Lipinski definition) is 1. The molecule has 1 N–H and O–H groups in total. The van der Waals surface area contributed by atoms with Crippen LogP contribution in [0.15, 0.2) is 23.9 Å². The number of rotatable bonds is 1. The molecule has 1 aliphatic rings. The van der Waals surface area contributed by atoms with Crippen molar-refractivity contribution in [3.05, 3.63) is 23.9 Å². The molecule has 1 heterocycles. The standard InChI is InChI=1S/C6H7NS/c8-5-6-2-1-3-7-4-6/h1-3,5,7H,4H2. The Bertz CT molecular complexity index is 147. The predicted octanol–water partition coefficient (Wildman–Crippen LogP) is 1.03. The summed E-state index contributed by atoms with van der Waals surface area (Å²) < 4.78 is 0. The lowest BCUT2D eigenvalue weighted by molar-refractivity contribution is 0.955. The lowest BCUT2D eigenvalue weighted by Gasteiger charge is -2.03. The largest absolute Gasteiger partial charge is 0.387 e. The average Bonchev–Trinajstić information content (AvgIpc) is 1.90. The third-order valence-corrected chi connectivity index (χ3v) is 1.28. The molecule has 0 saturated carbocycles. The van der Waals surface area contributed by atoms with Gasteiger partial charge < -0.3 is 5.32 Å². The number of hydrogen-bond acceptors (Lipinski definition) is 2. The minimum atomic E-state index is 0.875. The zero-order chi connectivity index (χ0) is 5.82. The van der Waals surface area contributed by atoms with E-state index >= 15 is 0 Å². The van der Waals surface area contributed by atoms with Crippen LogP contribution in [0, 0.1) is 0 Å². The Hall–Kier alpha value is -0.630. The van der Waals surface area contributed by atoms with Crippen molar-refractivity contribution in [3.63, 3.8) is 0 Å². The Morgan fingerprint density at radius 1 is 1.75 bits per heavy atom. The van der Waals surface area contributed by atoms with Crippen molar-refractivity contribution in [2.45, 2.75) is 0 Å². The van der Waals surface area contributed by atoms with Gasteiger partial charge in [0.05, 0.1) is 0 Å². The normalized spacial score (nSPS) is 16.8. The van der Waals surface area contributed by atoms with Gasteiger partial charge in [-0.3, -0.25) is 0 Å². The second-order valence-corrected chi connectivity index (χ2v) is 1.84. The van der Waals surface area contributed by atoms with E-state index in [1.165, 1.54) is 5.57 Å². The van der Waals surface area contributed by atoms with Gasteiger partial charge in [0.2, 0.25) is 0 Å². The molecule has 0 radical (unpaired) electrons. The van der Waals surface area contributed by atoms with Crippen LogP contribution >= 0.6 is 12.2 Å². The van der Waals surface area contributed by atoms with Gasteiger partial charge in [0.1, 0.15) is 0 Å². The molecule has 0 aromatic carbocycles. The Balaban J connectivity index is 2.63. The van der Waals surface area contributed by atoms with Crippen LogP contribution in [0.3, 0.4) is 0 Å². The molecule has 0 fully saturated rings. The van der Waals surface area contributed by atoms with Crippen molar-refractivity contribution in [1.29, 1.82) is 0 Å². The topological polar surface area (TPSA) is 12.0 Å². The third-order valence-electron chi connectivity index (χ3n) is 0.982. The van der Waals surface area contributed by atoms with E-state index in [4.69, 9.17) is 12.2 Å². The van der Waals surface area contributed by atoms with Crippen molar-refractivity contribution in [2.75, 3.05) is 6.54 Å². The molecule has 0 aromatic rings. The number of nitrogens with one attached hydrogen (secondary N) is 1. The first kappa shape index (κ1) is 5.51. The quantitative estimate of drug-likeness (QED) is 0.525. The SMILES string of the molecule is S=CC1=CC=CNC1. The highest BCUT2D eigenvalue weighted by Crippen LogP contribution is 1.93. The number of thiocarbonyl (C=S) groups is 1. The minimum absolute atomic E-state index is 0.875. The van der Waals surface area contributed by atoms with Crippen molar-refractivity contribution in [2.24, 2.45) is 0 Å². The zero-order valence-electron chi connectivity index (χ0n) is 4.42. The smallest absolute Gasteiger partial charge is 0.0403 e. The van der Waals surface area contributed by atoms with Gasteiger partial charge in [-0.25, -0.2) is 0 Å². The molecule has 0 bridgehead atoms. The summed E-state index contributed by atoms with van der Waals surface area (Å²) >= 11 is 4.70. The van der Waals surface area contributed by atoms with Gasteiger partial charge in [0.25, 0.3) is 0 Å². The Morgan fingerprint density at radius 2 is 2.62 bits per heavy atom. The maximum atomic E-state index is 4.70. The van der Waals surface area contributed by atoms with E-state index in [2.05, 4.69) is 5.32 Å². The lowest BCUT2D eigenvalue weighted by Crippen LogP contribution is -2.12. The summed E-state index contributed by atoms with van der Waals surface area (Å²) in [4.78, 5) is 0. The fraction of sp³-hybridized carbons (Fsp3) is 0.167. The van der Waals surface area contributed by atoms with Crippen LogP contribution in [-0.2, 0) is 0 Å². The maximum Gasteiger partial charge on any atom is 0.0403 e. The summed E-state index contributed by atoms with van der Waals surface area (Å²) in [5, 5.41) is 4.73. The minimum Gasteiger partial charge on any atom is -0.387 e. The first-order chi connectivity index (χ1) is 3.93. The van der Waals surface area contributed by atoms with Gasteiger partial charge in [0, 0.05) is 11.9 Å². The molecular weight excluding hydrogens is 118 g/mol. The number of dihydropyridines is 1. The van der Waals surface area contributed by atoms with E-state index in [1.54, 1.807) is 5.37 Å². The zero-order valence-corrected chi connectivity index (χ0v) is 5.24. The Morgan fingerprint density at radius 3 is 3.00 bits per heavy atom. The van der Waals surface area contributed by atoms with Crippen LogP contribution < -0.4 is 5.32 Å². The highest BCUT2D eigenvalue weighted by atomic mass is 32.1. The molecule has 2 heteroatoms. The third kappa shape index (κ3) is 1.17. The van der Waals surface area contributed by atoms with Crippen LogP contribution in [-0.4, -0.2) is 11.9 Å². The summed E-state index contributed by atoms with van der Waals surface area (Å²) in [5.41, 5.74) is 1.17. The molecule has 0 amide bonds. The second kappa shape index (κ2) is 2.62. The first-order valence-corrected chi connectivity index (χ1v) is 2.95. The lowest BCUT2D eigenvalue weighted by atomic mass is 10.2. The van der Waals surface area contributed by atoms with E-state index in [0.717, 1.165) is 6.54 Å². The highest BCUT2D eigenvalue weighted by molar-refractivity contribution is 7.79. The van der Waals surface area contributed by atoms with Gasteiger partial charge in [-0.05, 0) is 17.8 Å². The molecular formula is C6H7NS. The molecule has 0 saturated heterocycles.